The van der Waals surface area contributed by atoms with Crippen LogP contribution in [-0.2, 0) is 15.9 Å². The summed E-state index contributed by atoms with van der Waals surface area (Å²) in [6, 6.07) is 0.0441. The van der Waals surface area contributed by atoms with Crippen LogP contribution >= 0.6 is 0 Å². The fraction of sp³-hybridized carbons (Fsp3) is 0.867. The van der Waals surface area contributed by atoms with E-state index in [0.717, 1.165) is 25.7 Å². The molecule has 144 valence electrons. The standard InChI is InChI=1S/C15H26F2N4O3S/c1-14(2,3)25(22,23)18-9-10-5-7-11(8-6-10)19-13-20-12(21-24-13)15(4,16)17/h10-11,18H,5-9H2,1-4H3,(H,19,20,21). The van der Waals surface area contributed by atoms with Crippen molar-refractivity contribution >= 4 is 16.0 Å². The molecule has 0 saturated heterocycles. The first kappa shape index (κ1) is 20.0. The molecule has 0 bridgehead atoms. The van der Waals surface area contributed by atoms with Crippen LogP contribution in [0.1, 0.15) is 59.2 Å². The molecule has 0 aliphatic heterocycles. The van der Waals surface area contributed by atoms with Crippen molar-refractivity contribution in [2.75, 3.05) is 11.9 Å². The molecule has 1 aromatic heterocycles. The lowest BCUT2D eigenvalue weighted by Crippen LogP contribution is -2.42. The summed E-state index contributed by atoms with van der Waals surface area (Å²) in [5.41, 5.74) is 0. The van der Waals surface area contributed by atoms with Gasteiger partial charge in [-0.3, -0.25) is 0 Å². The molecule has 0 amide bonds. The summed E-state index contributed by atoms with van der Waals surface area (Å²) in [5, 5.41) is 6.25. The second-order valence-corrected chi connectivity index (χ2v) is 10.2. The van der Waals surface area contributed by atoms with Crippen LogP contribution in [0.15, 0.2) is 4.52 Å². The normalized spacial score (nSPS) is 22.8. The lowest BCUT2D eigenvalue weighted by Gasteiger charge is -2.29. The lowest BCUT2D eigenvalue weighted by molar-refractivity contribution is 0.00559. The van der Waals surface area contributed by atoms with Crippen LogP contribution in [0.4, 0.5) is 14.8 Å². The SMILES string of the molecule is CC(F)(F)c1noc(NC2CCC(CNS(=O)(=O)C(C)(C)C)CC2)n1. The second-order valence-electron chi connectivity index (χ2n) is 7.64. The molecule has 7 nitrogen and oxygen atoms in total. The smallest absolute Gasteiger partial charge is 0.321 e. The first-order chi connectivity index (χ1) is 11.4. The van der Waals surface area contributed by atoms with Crippen molar-refractivity contribution in [3.63, 3.8) is 0 Å². The van der Waals surface area contributed by atoms with Gasteiger partial charge < -0.3 is 9.84 Å². The van der Waals surface area contributed by atoms with Crippen molar-refractivity contribution in [3.05, 3.63) is 5.82 Å². The number of aromatic nitrogens is 2. The Balaban J connectivity index is 1.79. The van der Waals surface area contributed by atoms with Gasteiger partial charge in [-0.25, -0.2) is 13.1 Å². The third-order valence-corrected chi connectivity index (χ3v) is 6.52. The highest BCUT2D eigenvalue weighted by atomic mass is 32.2. The summed E-state index contributed by atoms with van der Waals surface area (Å²) in [4.78, 5) is 3.66. The van der Waals surface area contributed by atoms with Crippen molar-refractivity contribution in [1.29, 1.82) is 0 Å². The molecule has 2 N–H and O–H groups in total. The summed E-state index contributed by atoms with van der Waals surface area (Å²) < 4.78 is 57.0. The predicted molar refractivity (Wildman–Crippen MR) is 89.9 cm³/mol. The molecule has 1 saturated carbocycles. The fourth-order valence-electron chi connectivity index (χ4n) is 2.59. The number of nitrogens with zero attached hydrogens (tertiary/aromatic N) is 2. The Morgan fingerprint density at radius 1 is 1.16 bits per heavy atom. The maximum absolute atomic E-state index is 13.1. The Kier molecular flexibility index (Phi) is 5.72. The molecule has 1 fully saturated rings. The zero-order chi connectivity index (χ0) is 18.9. The summed E-state index contributed by atoms with van der Waals surface area (Å²) >= 11 is 0. The minimum absolute atomic E-state index is 0.00610. The van der Waals surface area contributed by atoms with Crippen LogP contribution in [-0.4, -0.2) is 35.9 Å². The molecule has 1 heterocycles. The third kappa shape index (κ3) is 5.34. The van der Waals surface area contributed by atoms with Gasteiger partial charge >= 0.3 is 11.9 Å². The minimum atomic E-state index is -3.34. The van der Waals surface area contributed by atoms with E-state index >= 15 is 0 Å². The van der Waals surface area contributed by atoms with Gasteiger partial charge in [-0.05, 0) is 52.4 Å². The predicted octanol–water partition coefficient (Wildman–Crippen LogP) is 2.87. The van der Waals surface area contributed by atoms with E-state index in [1.807, 2.05) is 0 Å². The number of anilines is 1. The van der Waals surface area contributed by atoms with Crippen LogP contribution in [0, 0.1) is 5.92 Å². The maximum atomic E-state index is 13.1. The van der Waals surface area contributed by atoms with Gasteiger partial charge in [0.05, 0.1) is 4.75 Å². The molecule has 0 unspecified atom stereocenters. The molecule has 0 atom stereocenters. The van der Waals surface area contributed by atoms with Crippen LogP contribution in [0.2, 0.25) is 0 Å². The number of nitrogens with one attached hydrogen (secondary N) is 2. The van der Waals surface area contributed by atoms with Crippen molar-refractivity contribution in [1.82, 2.24) is 14.9 Å². The van der Waals surface area contributed by atoms with E-state index in [2.05, 4.69) is 20.2 Å². The highest BCUT2D eigenvalue weighted by Crippen LogP contribution is 2.28. The Labute approximate surface area is 147 Å². The largest absolute Gasteiger partial charge is 0.335 e. The van der Waals surface area contributed by atoms with E-state index in [1.165, 1.54) is 0 Å². The Hall–Kier alpha value is -1.29. The zero-order valence-corrected chi connectivity index (χ0v) is 15.8. The van der Waals surface area contributed by atoms with E-state index in [-0.39, 0.29) is 18.0 Å². The van der Waals surface area contributed by atoms with Crippen LogP contribution in [0.3, 0.4) is 0 Å². The van der Waals surface area contributed by atoms with E-state index in [4.69, 9.17) is 4.52 Å². The van der Waals surface area contributed by atoms with Gasteiger partial charge in [0, 0.05) is 19.5 Å². The number of halogens is 2. The topological polar surface area (TPSA) is 97.1 Å². The van der Waals surface area contributed by atoms with Crippen molar-refractivity contribution in [2.24, 2.45) is 5.92 Å². The number of hydrogen-bond donors (Lipinski definition) is 2. The van der Waals surface area contributed by atoms with E-state index in [1.54, 1.807) is 20.8 Å². The summed E-state index contributed by atoms with van der Waals surface area (Å²) in [7, 11) is -3.34. The average molecular weight is 380 g/mol. The van der Waals surface area contributed by atoms with Gasteiger partial charge in [-0.1, -0.05) is 5.16 Å². The molecule has 1 aliphatic rings. The molecule has 2 rings (SSSR count). The van der Waals surface area contributed by atoms with Crippen LogP contribution < -0.4 is 10.0 Å². The quantitative estimate of drug-likeness (QED) is 0.788. The van der Waals surface area contributed by atoms with Gasteiger partial charge in [-0.2, -0.15) is 13.8 Å². The minimum Gasteiger partial charge on any atom is -0.335 e. The Bertz CT molecular complexity index is 672. The maximum Gasteiger partial charge on any atom is 0.321 e. The van der Waals surface area contributed by atoms with E-state index < -0.39 is 26.5 Å². The summed E-state index contributed by atoms with van der Waals surface area (Å²) in [5.74, 6) is -3.51. The second kappa shape index (κ2) is 7.14. The molecular formula is C15H26F2N4O3S. The van der Waals surface area contributed by atoms with Crippen molar-refractivity contribution in [2.45, 2.75) is 70.1 Å². The molecule has 0 radical (unpaired) electrons. The van der Waals surface area contributed by atoms with Gasteiger partial charge in [0.1, 0.15) is 0 Å². The molecule has 1 aromatic rings. The molecule has 0 aromatic carbocycles. The summed E-state index contributed by atoms with van der Waals surface area (Å²) in [6.07, 6.45) is 3.22. The lowest BCUT2D eigenvalue weighted by atomic mass is 9.86. The Morgan fingerprint density at radius 2 is 1.76 bits per heavy atom. The molecule has 0 spiro atoms. The third-order valence-electron chi connectivity index (χ3n) is 4.36. The van der Waals surface area contributed by atoms with Crippen LogP contribution in [0.5, 0.6) is 0 Å². The number of sulfonamides is 1. The molecule has 1 aliphatic carbocycles. The van der Waals surface area contributed by atoms with Crippen LogP contribution in [0.25, 0.3) is 0 Å². The highest BCUT2D eigenvalue weighted by molar-refractivity contribution is 7.90. The monoisotopic (exact) mass is 380 g/mol. The van der Waals surface area contributed by atoms with Gasteiger partial charge in [0.15, 0.2) is 0 Å². The number of alkyl halides is 2. The number of rotatable bonds is 6. The molecular weight excluding hydrogens is 354 g/mol. The van der Waals surface area contributed by atoms with Gasteiger partial charge in [-0.15, -0.1) is 0 Å². The first-order valence-corrected chi connectivity index (χ1v) is 9.84. The number of hydrogen-bond acceptors (Lipinski definition) is 6. The van der Waals surface area contributed by atoms with E-state index in [0.29, 0.717) is 13.5 Å². The van der Waals surface area contributed by atoms with Gasteiger partial charge in [0.2, 0.25) is 15.8 Å². The van der Waals surface area contributed by atoms with Crippen molar-refractivity contribution in [3.8, 4) is 0 Å². The highest BCUT2D eigenvalue weighted by Gasteiger charge is 2.32. The zero-order valence-electron chi connectivity index (χ0n) is 15.0. The molecule has 25 heavy (non-hydrogen) atoms. The summed E-state index contributed by atoms with van der Waals surface area (Å²) in [6.45, 7) is 6.11. The first-order valence-electron chi connectivity index (χ1n) is 8.36. The fourth-order valence-corrected chi connectivity index (χ4v) is 3.48. The van der Waals surface area contributed by atoms with Gasteiger partial charge in [0.25, 0.3) is 0 Å². The molecule has 10 heteroatoms. The average Bonchev–Trinajstić information content (AvgIpc) is 2.94. The van der Waals surface area contributed by atoms with E-state index in [9.17, 15) is 17.2 Å². The Morgan fingerprint density at radius 3 is 2.24 bits per heavy atom. The van der Waals surface area contributed by atoms with Crippen molar-refractivity contribution < 1.29 is 21.7 Å².